The molecule has 1 amide bonds. The molecule has 2 aromatic carbocycles. The molecular weight excluding hydrogens is 234 g/mol. The molecule has 96 valence electrons. The number of carbonyl (C=O) groups excluding carboxylic acids is 1. The fourth-order valence-corrected chi connectivity index (χ4v) is 2.68. The van der Waals surface area contributed by atoms with E-state index in [1.807, 2.05) is 11.0 Å². The molecule has 0 N–H and O–H groups in total. The Balaban J connectivity index is 1.92. The summed E-state index contributed by atoms with van der Waals surface area (Å²) in [6.07, 6.45) is 0.531. The third kappa shape index (κ3) is 2.26. The topological polar surface area (TPSA) is 20.3 Å². The van der Waals surface area contributed by atoms with Crippen LogP contribution in [-0.2, 0) is 17.8 Å². The van der Waals surface area contributed by atoms with Crippen molar-refractivity contribution >= 4 is 11.6 Å². The van der Waals surface area contributed by atoms with E-state index in [9.17, 15) is 4.79 Å². The van der Waals surface area contributed by atoms with Crippen molar-refractivity contribution in [1.29, 1.82) is 0 Å². The number of hydrogen-bond acceptors (Lipinski definition) is 1. The summed E-state index contributed by atoms with van der Waals surface area (Å²) in [6, 6.07) is 14.6. The molecule has 0 aliphatic carbocycles. The van der Waals surface area contributed by atoms with Crippen LogP contribution in [0.25, 0.3) is 0 Å². The highest BCUT2D eigenvalue weighted by Crippen LogP contribution is 2.30. The van der Waals surface area contributed by atoms with Crippen LogP contribution in [0, 0.1) is 13.8 Å². The summed E-state index contributed by atoms with van der Waals surface area (Å²) < 4.78 is 0. The maximum absolute atomic E-state index is 12.2. The third-order valence-corrected chi connectivity index (χ3v) is 3.59. The van der Waals surface area contributed by atoms with E-state index in [1.54, 1.807) is 0 Å². The lowest BCUT2D eigenvalue weighted by atomic mass is 10.1. The first-order valence-corrected chi connectivity index (χ1v) is 6.59. The standard InChI is InChI=1S/C17H17NO/c1-12-4-3-5-14(8-12)11-18-16-7-6-13(2)9-15(16)10-17(18)19/h3-9H,10-11H2,1-2H3. The van der Waals surface area contributed by atoms with Crippen LogP contribution in [-0.4, -0.2) is 5.91 Å². The van der Waals surface area contributed by atoms with Gasteiger partial charge in [-0.05, 0) is 31.0 Å². The Hall–Kier alpha value is -2.09. The van der Waals surface area contributed by atoms with E-state index < -0.39 is 0 Å². The average Bonchev–Trinajstić information content (AvgIpc) is 2.65. The number of benzene rings is 2. The van der Waals surface area contributed by atoms with Crippen LogP contribution in [0.5, 0.6) is 0 Å². The van der Waals surface area contributed by atoms with Crippen LogP contribution in [0.2, 0.25) is 0 Å². The maximum Gasteiger partial charge on any atom is 0.231 e. The molecule has 0 spiro atoms. The van der Waals surface area contributed by atoms with Crippen molar-refractivity contribution in [2.24, 2.45) is 0 Å². The first-order valence-electron chi connectivity index (χ1n) is 6.59. The smallest absolute Gasteiger partial charge is 0.231 e. The van der Waals surface area contributed by atoms with Gasteiger partial charge in [-0.15, -0.1) is 0 Å². The molecule has 19 heavy (non-hydrogen) atoms. The summed E-state index contributed by atoms with van der Waals surface area (Å²) >= 11 is 0. The highest BCUT2D eigenvalue weighted by atomic mass is 16.2. The lowest BCUT2D eigenvalue weighted by Crippen LogP contribution is -2.25. The van der Waals surface area contributed by atoms with Gasteiger partial charge in [0.15, 0.2) is 0 Å². The van der Waals surface area contributed by atoms with Crippen LogP contribution >= 0.6 is 0 Å². The van der Waals surface area contributed by atoms with Gasteiger partial charge in [-0.2, -0.15) is 0 Å². The Labute approximate surface area is 113 Å². The number of rotatable bonds is 2. The lowest BCUT2D eigenvalue weighted by molar-refractivity contribution is -0.117. The fourth-order valence-electron chi connectivity index (χ4n) is 2.68. The summed E-state index contributed by atoms with van der Waals surface area (Å²) in [4.78, 5) is 14.1. The van der Waals surface area contributed by atoms with Crippen molar-refractivity contribution in [3.8, 4) is 0 Å². The van der Waals surface area contributed by atoms with E-state index in [4.69, 9.17) is 0 Å². The van der Waals surface area contributed by atoms with Crippen molar-refractivity contribution in [1.82, 2.24) is 0 Å². The number of nitrogens with zero attached hydrogens (tertiary/aromatic N) is 1. The van der Waals surface area contributed by atoms with Crippen LogP contribution in [0.3, 0.4) is 0 Å². The number of carbonyl (C=O) groups is 1. The predicted molar refractivity (Wildman–Crippen MR) is 77.3 cm³/mol. The molecule has 1 heterocycles. The molecule has 0 atom stereocenters. The van der Waals surface area contributed by atoms with Gasteiger partial charge in [0, 0.05) is 5.69 Å². The third-order valence-electron chi connectivity index (χ3n) is 3.59. The molecule has 3 rings (SSSR count). The van der Waals surface area contributed by atoms with Crippen LogP contribution in [0.4, 0.5) is 5.69 Å². The quantitative estimate of drug-likeness (QED) is 0.801. The van der Waals surface area contributed by atoms with Crippen LogP contribution < -0.4 is 4.90 Å². The number of fused-ring (bicyclic) bond motifs is 1. The highest BCUT2D eigenvalue weighted by molar-refractivity contribution is 6.01. The van der Waals surface area contributed by atoms with E-state index in [-0.39, 0.29) is 5.91 Å². The summed E-state index contributed by atoms with van der Waals surface area (Å²) in [7, 11) is 0. The molecule has 0 bridgehead atoms. The molecule has 0 saturated heterocycles. The lowest BCUT2D eigenvalue weighted by Gasteiger charge is -2.18. The van der Waals surface area contributed by atoms with E-state index in [1.165, 1.54) is 16.7 Å². The Morgan fingerprint density at radius 3 is 2.63 bits per heavy atom. The average molecular weight is 251 g/mol. The van der Waals surface area contributed by atoms with Gasteiger partial charge in [-0.25, -0.2) is 0 Å². The highest BCUT2D eigenvalue weighted by Gasteiger charge is 2.26. The molecule has 2 nitrogen and oxygen atoms in total. The van der Waals surface area contributed by atoms with E-state index in [2.05, 4.69) is 50.2 Å². The Morgan fingerprint density at radius 1 is 1.05 bits per heavy atom. The number of amides is 1. The summed E-state index contributed by atoms with van der Waals surface area (Å²) in [5.41, 5.74) is 5.84. The first kappa shape index (κ1) is 12.0. The molecule has 2 heteroatoms. The minimum Gasteiger partial charge on any atom is -0.307 e. The molecule has 0 radical (unpaired) electrons. The van der Waals surface area contributed by atoms with Gasteiger partial charge in [0.05, 0.1) is 13.0 Å². The number of anilines is 1. The van der Waals surface area contributed by atoms with Gasteiger partial charge in [-0.3, -0.25) is 4.79 Å². The predicted octanol–water partition coefficient (Wildman–Crippen LogP) is 3.39. The molecule has 0 fully saturated rings. The number of aryl methyl sites for hydroxylation is 2. The molecule has 2 aromatic rings. The monoisotopic (exact) mass is 251 g/mol. The zero-order valence-corrected chi connectivity index (χ0v) is 11.3. The minimum absolute atomic E-state index is 0.196. The molecular formula is C17H17NO. The van der Waals surface area contributed by atoms with E-state index in [0.29, 0.717) is 13.0 Å². The van der Waals surface area contributed by atoms with Gasteiger partial charge in [-0.1, -0.05) is 47.5 Å². The Bertz CT molecular complexity index is 645. The van der Waals surface area contributed by atoms with Crippen molar-refractivity contribution in [3.05, 3.63) is 64.7 Å². The summed E-state index contributed by atoms with van der Waals surface area (Å²) in [6.45, 7) is 4.80. The zero-order chi connectivity index (χ0) is 13.4. The first-order chi connectivity index (χ1) is 9.13. The normalized spacial score (nSPS) is 13.8. The largest absolute Gasteiger partial charge is 0.307 e. The molecule has 1 aliphatic rings. The molecule has 0 saturated carbocycles. The summed E-state index contributed by atoms with van der Waals surface area (Å²) in [5.74, 6) is 0.196. The van der Waals surface area contributed by atoms with E-state index >= 15 is 0 Å². The minimum atomic E-state index is 0.196. The van der Waals surface area contributed by atoms with Gasteiger partial charge < -0.3 is 4.90 Å². The van der Waals surface area contributed by atoms with Crippen molar-refractivity contribution in [2.75, 3.05) is 4.90 Å². The zero-order valence-electron chi connectivity index (χ0n) is 11.3. The van der Waals surface area contributed by atoms with Crippen LogP contribution in [0.15, 0.2) is 42.5 Å². The second-order valence-corrected chi connectivity index (χ2v) is 5.28. The van der Waals surface area contributed by atoms with E-state index in [0.717, 1.165) is 11.3 Å². The van der Waals surface area contributed by atoms with Gasteiger partial charge in [0.25, 0.3) is 0 Å². The second kappa shape index (κ2) is 4.54. The number of hydrogen-bond donors (Lipinski definition) is 0. The maximum atomic E-state index is 12.2. The van der Waals surface area contributed by atoms with Crippen LogP contribution in [0.1, 0.15) is 22.3 Å². The summed E-state index contributed by atoms with van der Waals surface area (Å²) in [5, 5.41) is 0. The van der Waals surface area contributed by atoms with Crippen molar-refractivity contribution in [2.45, 2.75) is 26.8 Å². The van der Waals surface area contributed by atoms with Gasteiger partial charge >= 0.3 is 0 Å². The SMILES string of the molecule is Cc1cccc(CN2C(=O)Cc3cc(C)ccc32)c1. The molecule has 1 aliphatic heterocycles. The Kier molecular flexibility index (Phi) is 2.86. The second-order valence-electron chi connectivity index (χ2n) is 5.28. The van der Waals surface area contributed by atoms with Crippen molar-refractivity contribution < 1.29 is 4.79 Å². The molecule has 0 aromatic heterocycles. The Morgan fingerprint density at radius 2 is 1.84 bits per heavy atom. The molecule has 0 unspecified atom stereocenters. The van der Waals surface area contributed by atoms with Crippen molar-refractivity contribution in [3.63, 3.8) is 0 Å². The van der Waals surface area contributed by atoms with Gasteiger partial charge in [0.2, 0.25) is 5.91 Å². The fraction of sp³-hybridized carbons (Fsp3) is 0.235. The van der Waals surface area contributed by atoms with Gasteiger partial charge in [0.1, 0.15) is 0 Å².